The van der Waals surface area contributed by atoms with Crippen molar-refractivity contribution in [3.05, 3.63) is 89.5 Å². The van der Waals surface area contributed by atoms with Crippen LogP contribution in [0.5, 0.6) is 5.75 Å². The van der Waals surface area contributed by atoms with Crippen molar-refractivity contribution in [1.29, 1.82) is 0 Å². The highest BCUT2D eigenvalue weighted by atomic mass is 16.3. The molecule has 0 aromatic heterocycles. The molecule has 1 spiro atoms. The molecule has 34 heavy (non-hydrogen) atoms. The van der Waals surface area contributed by atoms with Crippen LogP contribution in [0.25, 0.3) is 0 Å². The fourth-order valence-electron chi connectivity index (χ4n) is 5.77. The number of aryl methyl sites for hydroxylation is 1. The summed E-state index contributed by atoms with van der Waals surface area (Å²) < 4.78 is 0. The summed E-state index contributed by atoms with van der Waals surface area (Å²) in [7, 11) is 0. The van der Waals surface area contributed by atoms with E-state index in [1.54, 1.807) is 36.4 Å². The minimum absolute atomic E-state index is 0.152. The molecular formula is C27H23N3O4. The zero-order chi connectivity index (χ0) is 23.6. The highest BCUT2D eigenvalue weighted by Gasteiger charge is 2.70. The number of nitrogens with zero attached hydrogens (tertiary/aromatic N) is 1. The average Bonchev–Trinajstić information content (AvgIpc) is 3.41. The Balaban J connectivity index is 1.48. The Labute approximate surface area is 196 Å². The fourth-order valence-corrected chi connectivity index (χ4v) is 5.77. The summed E-state index contributed by atoms with van der Waals surface area (Å²) in [5.41, 5.74) is 2.45. The molecule has 0 bridgehead atoms. The Morgan fingerprint density at radius 3 is 2.35 bits per heavy atom. The molecule has 6 rings (SSSR count). The third-order valence-electron chi connectivity index (χ3n) is 7.31. The Morgan fingerprint density at radius 1 is 0.912 bits per heavy atom. The largest absolute Gasteiger partial charge is 0.508 e. The third kappa shape index (κ3) is 2.77. The van der Waals surface area contributed by atoms with Gasteiger partial charge in [-0.3, -0.25) is 19.7 Å². The van der Waals surface area contributed by atoms with Crippen molar-refractivity contribution in [2.24, 2.45) is 11.8 Å². The first-order chi connectivity index (χ1) is 16.4. The summed E-state index contributed by atoms with van der Waals surface area (Å²) >= 11 is 0. The van der Waals surface area contributed by atoms with Crippen LogP contribution in [0.3, 0.4) is 0 Å². The van der Waals surface area contributed by atoms with Crippen LogP contribution in [0.15, 0.2) is 72.8 Å². The number of imide groups is 1. The minimum atomic E-state index is -1.32. The van der Waals surface area contributed by atoms with E-state index in [4.69, 9.17) is 0 Å². The standard InChI is InChI=1S/C27H23N3O4/c1-15-6-10-17(11-7-15)30-24(32)22-21(14-16-8-12-18(31)13-9-16)29-27(23(22)25(30)33)19-4-2-3-5-20(19)28-26(27)34/h2-13,21-23,29,31H,14H2,1H3,(H,28,34). The minimum Gasteiger partial charge on any atom is -0.508 e. The fraction of sp³-hybridized carbons (Fsp3) is 0.222. The molecule has 3 aromatic rings. The number of anilines is 2. The van der Waals surface area contributed by atoms with Gasteiger partial charge in [0.05, 0.1) is 17.5 Å². The predicted molar refractivity (Wildman–Crippen MR) is 126 cm³/mol. The Morgan fingerprint density at radius 2 is 1.62 bits per heavy atom. The molecule has 7 heteroatoms. The molecule has 4 unspecified atom stereocenters. The van der Waals surface area contributed by atoms with Gasteiger partial charge in [-0.05, 0) is 49.2 Å². The van der Waals surface area contributed by atoms with E-state index in [0.29, 0.717) is 23.4 Å². The van der Waals surface area contributed by atoms with Crippen molar-refractivity contribution in [2.75, 3.05) is 10.2 Å². The number of para-hydroxylation sites is 1. The maximum absolute atomic E-state index is 13.9. The van der Waals surface area contributed by atoms with Gasteiger partial charge in [0, 0.05) is 17.3 Å². The maximum atomic E-state index is 13.9. The van der Waals surface area contributed by atoms with Gasteiger partial charge in [-0.25, -0.2) is 4.90 Å². The van der Waals surface area contributed by atoms with E-state index in [2.05, 4.69) is 10.6 Å². The van der Waals surface area contributed by atoms with Crippen LogP contribution in [0.4, 0.5) is 11.4 Å². The summed E-state index contributed by atoms with van der Waals surface area (Å²) in [5.74, 6) is -2.41. The lowest BCUT2D eigenvalue weighted by Gasteiger charge is -2.29. The highest BCUT2D eigenvalue weighted by Crippen LogP contribution is 2.53. The van der Waals surface area contributed by atoms with E-state index in [0.717, 1.165) is 11.1 Å². The molecule has 7 nitrogen and oxygen atoms in total. The summed E-state index contributed by atoms with van der Waals surface area (Å²) in [6.45, 7) is 1.94. The van der Waals surface area contributed by atoms with Crippen molar-refractivity contribution in [2.45, 2.75) is 24.9 Å². The second-order valence-corrected chi connectivity index (χ2v) is 9.28. The number of carbonyl (C=O) groups excluding carboxylic acids is 3. The normalized spacial score (nSPS) is 27.3. The molecule has 2 saturated heterocycles. The van der Waals surface area contributed by atoms with E-state index in [9.17, 15) is 19.5 Å². The number of amides is 3. The monoisotopic (exact) mass is 453 g/mol. The molecule has 3 heterocycles. The molecule has 2 fully saturated rings. The van der Waals surface area contributed by atoms with Crippen LogP contribution in [-0.2, 0) is 26.3 Å². The SMILES string of the molecule is Cc1ccc(N2C(=O)C3C(Cc4ccc(O)cc4)NC4(C(=O)Nc5ccccc54)C3C2=O)cc1. The van der Waals surface area contributed by atoms with E-state index in [1.165, 1.54) is 4.90 Å². The lowest BCUT2D eigenvalue weighted by molar-refractivity contribution is -0.130. The van der Waals surface area contributed by atoms with Gasteiger partial charge in [-0.1, -0.05) is 48.0 Å². The number of carbonyl (C=O) groups is 3. The zero-order valence-corrected chi connectivity index (χ0v) is 18.5. The summed E-state index contributed by atoms with van der Waals surface area (Å²) in [6.07, 6.45) is 0.430. The van der Waals surface area contributed by atoms with Crippen LogP contribution in [-0.4, -0.2) is 28.9 Å². The van der Waals surface area contributed by atoms with Crippen LogP contribution in [0.2, 0.25) is 0 Å². The first-order valence-corrected chi connectivity index (χ1v) is 11.3. The van der Waals surface area contributed by atoms with Gasteiger partial charge in [0.25, 0.3) is 0 Å². The maximum Gasteiger partial charge on any atom is 0.250 e. The van der Waals surface area contributed by atoms with Gasteiger partial charge >= 0.3 is 0 Å². The van der Waals surface area contributed by atoms with Gasteiger partial charge < -0.3 is 10.4 Å². The number of phenols is 1. The van der Waals surface area contributed by atoms with Gasteiger partial charge in [0.1, 0.15) is 11.3 Å². The van der Waals surface area contributed by atoms with Crippen molar-refractivity contribution in [3.63, 3.8) is 0 Å². The van der Waals surface area contributed by atoms with E-state index in [1.807, 2.05) is 43.3 Å². The Kier molecular flexibility index (Phi) is 4.41. The quantitative estimate of drug-likeness (QED) is 0.530. The second kappa shape index (κ2) is 7.27. The first-order valence-electron chi connectivity index (χ1n) is 11.3. The van der Waals surface area contributed by atoms with Crippen LogP contribution in [0, 0.1) is 18.8 Å². The number of fused-ring (bicyclic) bond motifs is 4. The number of hydrogen-bond donors (Lipinski definition) is 3. The summed E-state index contributed by atoms with van der Waals surface area (Å²) in [5, 5.41) is 16.0. The first kappa shape index (κ1) is 20.6. The van der Waals surface area contributed by atoms with E-state index >= 15 is 0 Å². The molecule has 0 aliphatic carbocycles. The number of aromatic hydroxyl groups is 1. The van der Waals surface area contributed by atoms with Gasteiger partial charge in [0.2, 0.25) is 17.7 Å². The number of phenolic OH excluding ortho intramolecular Hbond substituents is 1. The van der Waals surface area contributed by atoms with Crippen LogP contribution in [0.1, 0.15) is 16.7 Å². The lowest BCUT2D eigenvalue weighted by Crippen LogP contribution is -2.53. The lowest BCUT2D eigenvalue weighted by atomic mass is 9.76. The van der Waals surface area contributed by atoms with E-state index in [-0.39, 0.29) is 23.5 Å². The van der Waals surface area contributed by atoms with Crippen LogP contribution >= 0.6 is 0 Å². The molecule has 170 valence electrons. The third-order valence-corrected chi connectivity index (χ3v) is 7.31. The van der Waals surface area contributed by atoms with E-state index < -0.39 is 23.4 Å². The van der Waals surface area contributed by atoms with Crippen molar-refractivity contribution in [3.8, 4) is 5.75 Å². The molecular weight excluding hydrogens is 430 g/mol. The zero-order valence-electron chi connectivity index (χ0n) is 18.5. The summed E-state index contributed by atoms with van der Waals surface area (Å²) in [6, 6.07) is 20.9. The highest BCUT2D eigenvalue weighted by molar-refractivity contribution is 6.25. The number of rotatable bonds is 3. The molecule has 3 aliphatic heterocycles. The van der Waals surface area contributed by atoms with Crippen LogP contribution < -0.4 is 15.5 Å². The Bertz CT molecular complexity index is 1330. The molecule has 3 amide bonds. The molecule has 0 saturated carbocycles. The number of hydrogen-bond acceptors (Lipinski definition) is 5. The number of benzene rings is 3. The smallest absolute Gasteiger partial charge is 0.250 e. The predicted octanol–water partition coefficient (Wildman–Crippen LogP) is 2.87. The summed E-state index contributed by atoms with van der Waals surface area (Å²) in [4.78, 5) is 42.4. The van der Waals surface area contributed by atoms with Gasteiger partial charge in [-0.15, -0.1) is 0 Å². The van der Waals surface area contributed by atoms with Crippen molar-refractivity contribution in [1.82, 2.24) is 5.32 Å². The molecule has 3 N–H and O–H groups in total. The topological polar surface area (TPSA) is 98.7 Å². The van der Waals surface area contributed by atoms with Crippen molar-refractivity contribution >= 4 is 29.1 Å². The molecule has 3 aliphatic rings. The molecule has 4 atom stereocenters. The number of nitrogens with one attached hydrogen (secondary N) is 2. The van der Waals surface area contributed by atoms with Gasteiger partial charge in [0.15, 0.2) is 0 Å². The van der Waals surface area contributed by atoms with Crippen molar-refractivity contribution < 1.29 is 19.5 Å². The molecule has 0 radical (unpaired) electrons. The van der Waals surface area contributed by atoms with Gasteiger partial charge in [-0.2, -0.15) is 0 Å². The molecule has 3 aromatic carbocycles. The Hall–Kier alpha value is -3.97. The average molecular weight is 453 g/mol. The second-order valence-electron chi connectivity index (χ2n) is 9.28.